The number of hydrogen-bond donors (Lipinski definition) is 3. The van der Waals surface area contributed by atoms with Gasteiger partial charge in [-0.2, -0.15) is 13.2 Å². The number of halogens is 3. The highest BCUT2D eigenvalue weighted by atomic mass is 19.4. The van der Waals surface area contributed by atoms with Gasteiger partial charge in [0.25, 0.3) is 5.91 Å². The zero-order chi connectivity index (χ0) is 18.6. The normalized spacial score (nSPS) is 13.2. The Morgan fingerprint density at radius 1 is 1.32 bits per heavy atom. The Bertz CT molecular complexity index is 815. The lowest BCUT2D eigenvalue weighted by molar-refractivity contribution is -0.156. The number of nitrogens with one attached hydrogen (secondary N) is 2. The minimum absolute atomic E-state index is 0.0190. The van der Waals surface area contributed by atoms with E-state index in [0.717, 1.165) is 17.8 Å². The van der Waals surface area contributed by atoms with Crippen molar-refractivity contribution in [2.45, 2.75) is 12.6 Å². The van der Waals surface area contributed by atoms with Crippen LogP contribution in [0.3, 0.4) is 0 Å². The van der Waals surface area contributed by atoms with Crippen molar-refractivity contribution in [2.75, 3.05) is 6.54 Å². The smallest absolute Gasteiger partial charge is 0.446 e. The molecule has 0 saturated carbocycles. The molecule has 25 heavy (non-hydrogen) atoms. The van der Waals surface area contributed by atoms with Crippen LogP contribution in [0, 0.1) is 0 Å². The monoisotopic (exact) mass is 355 g/mol. The van der Waals surface area contributed by atoms with E-state index in [1.54, 1.807) is 12.1 Å². The molecule has 0 saturated heterocycles. The second kappa shape index (κ2) is 7.16. The maximum absolute atomic E-state index is 11.7. The molecular weight excluding hydrogens is 343 g/mol. The maximum Gasteiger partial charge on any atom is 0.446 e. The summed E-state index contributed by atoms with van der Waals surface area (Å²) in [6, 6.07) is 4.93. The molecule has 7 nitrogen and oxygen atoms in total. The number of aldehydes is 1. The zero-order valence-corrected chi connectivity index (χ0v) is 12.6. The molecule has 0 fully saturated rings. The maximum atomic E-state index is 11.7. The van der Waals surface area contributed by atoms with Gasteiger partial charge >= 0.3 is 12.1 Å². The standard InChI is InChI=1S/C13H11N3O3.C2HF3O/c17-12-8-6-10(16-9(8)2-4-15-12)7-1-3-14-11(5-7)13(18)19;3-2(4,5)1-6/h1,3,5-6,16H,2,4H2,(H,15,17)(H,18,19);1H. The van der Waals surface area contributed by atoms with Crippen LogP contribution in [0.1, 0.15) is 26.5 Å². The lowest BCUT2D eigenvalue weighted by Gasteiger charge is -2.10. The number of carboxylic acids is 1. The number of carboxylic acid groups (broad SMARTS) is 1. The number of aromatic carboxylic acids is 1. The Morgan fingerprint density at radius 3 is 2.56 bits per heavy atom. The van der Waals surface area contributed by atoms with Crippen molar-refractivity contribution in [3.8, 4) is 11.3 Å². The Balaban J connectivity index is 0.000000326. The average molecular weight is 355 g/mol. The first-order valence-corrected chi connectivity index (χ1v) is 6.94. The molecule has 3 rings (SSSR count). The van der Waals surface area contributed by atoms with Gasteiger partial charge in [-0.1, -0.05) is 0 Å². The Hall–Kier alpha value is -3.17. The van der Waals surface area contributed by atoms with Crippen molar-refractivity contribution in [1.29, 1.82) is 0 Å². The highest BCUT2D eigenvalue weighted by Gasteiger charge is 2.25. The third-order valence-corrected chi connectivity index (χ3v) is 3.23. The van der Waals surface area contributed by atoms with Crippen molar-refractivity contribution in [2.24, 2.45) is 0 Å². The number of carbonyl (C=O) groups excluding carboxylic acids is 2. The summed E-state index contributed by atoms with van der Waals surface area (Å²) in [6.45, 7) is 0.614. The minimum Gasteiger partial charge on any atom is -0.477 e. The van der Waals surface area contributed by atoms with Crippen LogP contribution < -0.4 is 5.32 Å². The Morgan fingerprint density at radius 2 is 2.00 bits per heavy atom. The molecule has 0 unspecified atom stereocenters. The van der Waals surface area contributed by atoms with Gasteiger partial charge in [-0.3, -0.25) is 9.59 Å². The number of aromatic amines is 1. The van der Waals surface area contributed by atoms with E-state index in [9.17, 15) is 22.8 Å². The summed E-state index contributed by atoms with van der Waals surface area (Å²) < 4.78 is 31.2. The van der Waals surface area contributed by atoms with E-state index in [1.807, 2.05) is 0 Å². The third kappa shape index (κ3) is 4.66. The largest absolute Gasteiger partial charge is 0.477 e. The summed E-state index contributed by atoms with van der Waals surface area (Å²) in [5.74, 6) is -1.17. The fraction of sp³-hybridized carbons (Fsp3) is 0.200. The number of carbonyl (C=O) groups is 3. The van der Waals surface area contributed by atoms with Crippen LogP contribution in [0.4, 0.5) is 13.2 Å². The van der Waals surface area contributed by atoms with Crippen molar-refractivity contribution in [1.82, 2.24) is 15.3 Å². The first-order valence-electron chi connectivity index (χ1n) is 6.94. The van der Waals surface area contributed by atoms with Gasteiger partial charge in [-0.05, 0) is 18.2 Å². The van der Waals surface area contributed by atoms with Crippen LogP contribution in [-0.4, -0.2) is 46.0 Å². The number of hydrogen-bond acceptors (Lipinski definition) is 4. The van der Waals surface area contributed by atoms with Crippen LogP contribution in [-0.2, 0) is 11.2 Å². The topological polar surface area (TPSA) is 112 Å². The Labute approximate surface area is 138 Å². The zero-order valence-electron chi connectivity index (χ0n) is 12.6. The van der Waals surface area contributed by atoms with E-state index in [1.165, 1.54) is 12.3 Å². The van der Waals surface area contributed by atoms with Gasteiger partial charge in [-0.15, -0.1) is 0 Å². The van der Waals surface area contributed by atoms with E-state index >= 15 is 0 Å². The van der Waals surface area contributed by atoms with E-state index in [2.05, 4.69) is 15.3 Å². The molecule has 2 aromatic rings. The first kappa shape index (κ1) is 18.2. The van der Waals surface area contributed by atoms with Gasteiger partial charge in [-0.25, -0.2) is 9.78 Å². The van der Waals surface area contributed by atoms with Gasteiger partial charge < -0.3 is 15.4 Å². The molecule has 10 heteroatoms. The van der Waals surface area contributed by atoms with Gasteiger partial charge in [0, 0.05) is 36.1 Å². The van der Waals surface area contributed by atoms with E-state index in [-0.39, 0.29) is 11.6 Å². The molecule has 2 aromatic heterocycles. The predicted octanol–water partition coefficient (Wildman–Crippen LogP) is 1.81. The van der Waals surface area contributed by atoms with Crippen LogP contribution in [0.25, 0.3) is 11.3 Å². The molecule has 0 aliphatic carbocycles. The summed E-state index contributed by atoms with van der Waals surface area (Å²) in [5, 5.41) is 11.7. The van der Waals surface area contributed by atoms with Gasteiger partial charge in [0.05, 0.1) is 5.56 Å². The second-order valence-corrected chi connectivity index (χ2v) is 4.98. The molecule has 0 atom stereocenters. The quantitative estimate of drug-likeness (QED) is 0.711. The van der Waals surface area contributed by atoms with Gasteiger partial charge in [0.1, 0.15) is 5.69 Å². The summed E-state index contributed by atoms with van der Waals surface area (Å²) in [4.78, 5) is 38.2. The number of amides is 1. The summed E-state index contributed by atoms with van der Waals surface area (Å²) in [6.07, 6.45) is -3.51. The van der Waals surface area contributed by atoms with E-state index < -0.39 is 18.4 Å². The summed E-state index contributed by atoms with van der Waals surface area (Å²) in [5.41, 5.74) is 2.92. The molecular formula is C15H12F3N3O4. The molecule has 3 N–H and O–H groups in total. The number of pyridine rings is 1. The van der Waals surface area contributed by atoms with Gasteiger partial charge in [0.15, 0.2) is 0 Å². The van der Waals surface area contributed by atoms with E-state index in [0.29, 0.717) is 17.7 Å². The SMILES string of the molecule is O=C(O)c1cc(-c2cc3c([nH]2)CCNC3=O)ccn1.O=CC(F)(F)F. The lowest BCUT2D eigenvalue weighted by Crippen LogP contribution is -2.31. The molecule has 0 radical (unpaired) electrons. The van der Waals surface area contributed by atoms with E-state index in [4.69, 9.17) is 9.90 Å². The molecule has 3 heterocycles. The fourth-order valence-corrected chi connectivity index (χ4v) is 2.16. The lowest BCUT2D eigenvalue weighted by atomic mass is 10.1. The fourth-order valence-electron chi connectivity index (χ4n) is 2.16. The number of H-pyrrole nitrogens is 1. The van der Waals surface area contributed by atoms with Crippen LogP contribution >= 0.6 is 0 Å². The van der Waals surface area contributed by atoms with Crippen LogP contribution in [0.2, 0.25) is 0 Å². The molecule has 132 valence electrons. The van der Waals surface area contributed by atoms with Crippen LogP contribution in [0.15, 0.2) is 24.4 Å². The third-order valence-electron chi connectivity index (χ3n) is 3.23. The average Bonchev–Trinajstić information content (AvgIpc) is 3.00. The molecule has 0 aromatic carbocycles. The highest BCUT2D eigenvalue weighted by molar-refractivity contribution is 5.98. The van der Waals surface area contributed by atoms with Crippen molar-refractivity contribution < 1.29 is 32.7 Å². The first-order chi connectivity index (χ1) is 11.7. The predicted molar refractivity (Wildman–Crippen MR) is 79.1 cm³/mol. The Kier molecular flexibility index (Phi) is 5.20. The van der Waals surface area contributed by atoms with Crippen LogP contribution in [0.5, 0.6) is 0 Å². The summed E-state index contributed by atoms with van der Waals surface area (Å²) in [7, 11) is 0. The molecule has 0 spiro atoms. The molecule has 1 aliphatic rings. The van der Waals surface area contributed by atoms with Gasteiger partial charge in [0.2, 0.25) is 6.29 Å². The van der Waals surface area contributed by atoms with Crippen molar-refractivity contribution >= 4 is 18.2 Å². The number of aromatic nitrogens is 2. The number of alkyl halides is 3. The number of rotatable bonds is 2. The molecule has 1 amide bonds. The van der Waals surface area contributed by atoms with Crippen molar-refractivity contribution in [3.63, 3.8) is 0 Å². The molecule has 1 aliphatic heterocycles. The van der Waals surface area contributed by atoms with Crippen molar-refractivity contribution in [3.05, 3.63) is 41.3 Å². The number of nitrogens with zero attached hydrogens (tertiary/aromatic N) is 1. The molecule has 0 bridgehead atoms. The second-order valence-electron chi connectivity index (χ2n) is 4.98. The number of fused-ring (bicyclic) bond motifs is 1. The highest BCUT2D eigenvalue weighted by Crippen LogP contribution is 2.24. The summed E-state index contributed by atoms with van der Waals surface area (Å²) >= 11 is 0. The minimum atomic E-state index is -4.64.